The highest BCUT2D eigenvalue weighted by atomic mass is 79.9. The van der Waals surface area contributed by atoms with Crippen molar-refractivity contribution in [2.24, 2.45) is 5.73 Å². The summed E-state index contributed by atoms with van der Waals surface area (Å²) in [5, 5.41) is 0. The number of hydrogen-bond donors (Lipinski definition) is 1. The molecule has 0 amide bonds. The van der Waals surface area contributed by atoms with Crippen LogP contribution in [0.3, 0.4) is 0 Å². The Morgan fingerprint density at radius 1 is 0.950 bits per heavy atom. The van der Waals surface area contributed by atoms with Gasteiger partial charge in [0.2, 0.25) is 0 Å². The Kier molecular flexibility index (Phi) is 5.07. The van der Waals surface area contributed by atoms with Gasteiger partial charge in [-0.05, 0) is 35.9 Å². The predicted octanol–water partition coefficient (Wildman–Crippen LogP) is 4.28. The molecule has 2 aromatic carbocycles. The lowest BCUT2D eigenvalue weighted by Crippen LogP contribution is -2.14. The molecule has 0 saturated heterocycles. The smallest absolute Gasteiger partial charge is 0.127 e. The fourth-order valence-electron chi connectivity index (χ4n) is 2.11. The monoisotopic (exact) mass is 399 g/mol. The van der Waals surface area contributed by atoms with E-state index < -0.39 is 0 Å². The molecule has 2 rings (SSSR count). The van der Waals surface area contributed by atoms with Gasteiger partial charge >= 0.3 is 0 Å². The van der Waals surface area contributed by atoms with Crippen LogP contribution in [-0.4, -0.2) is 14.2 Å². The van der Waals surface area contributed by atoms with Crippen molar-refractivity contribution < 1.29 is 9.47 Å². The van der Waals surface area contributed by atoms with Crippen molar-refractivity contribution in [2.75, 3.05) is 14.2 Å². The van der Waals surface area contributed by atoms with Crippen LogP contribution in [0.5, 0.6) is 11.5 Å². The van der Waals surface area contributed by atoms with Crippen LogP contribution in [0, 0.1) is 0 Å². The highest BCUT2D eigenvalue weighted by Crippen LogP contribution is 2.37. The van der Waals surface area contributed by atoms with Crippen LogP contribution in [0.1, 0.15) is 17.2 Å². The second-order valence-electron chi connectivity index (χ2n) is 4.26. The molecular formula is C15H15Br2NO2. The molecule has 0 aliphatic heterocycles. The predicted molar refractivity (Wildman–Crippen MR) is 87.4 cm³/mol. The molecule has 0 spiro atoms. The normalized spacial score (nSPS) is 12.1. The highest BCUT2D eigenvalue weighted by molar-refractivity contribution is 9.11. The molecular weight excluding hydrogens is 386 g/mol. The number of ether oxygens (including phenoxy) is 2. The van der Waals surface area contributed by atoms with E-state index in [4.69, 9.17) is 15.2 Å². The minimum atomic E-state index is -0.338. The Morgan fingerprint density at radius 3 is 1.90 bits per heavy atom. The first-order valence-corrected chi connectivity index (χ1v) is 7.58. The molecule has 1 unspecified atom stereocenters. The molecule has 2 N–H and O–H groups in total. The Bertz CT molecular complexity index is 574. The molecule has 0 aromatic heterocycles. The van der Waals surface area contributed by atoms with Crippen molar-refractivity contribution in [3.8, 4) is 11.5 Å². The van der Waals surface area contributed by atoms with Gasteiger partial charge in [0.05, 0.1) is 25.8 Å². The molecule has 106 valence electrons. The summed E-state index contributed by atoms with van der Waals surface area (Å²) in [6, 6.07) is 11.2. The lowest BCUT2D eigenvalue weighted by Gasteiger charge is -2.19. The third kappa shape index (κ3) is 3.16. The largest absolute Gasteiger partial charge is 0.496 e. The van der Waals surface area contributed by atoms with E-state index in [-0.39, 0.29) is 6.04 Å². The van der Waals surface area contributed by atoms with Crippen molar-refractivity contribution >= 4 is 31.9 Å². The molecule has 3 nitrogen and oxygen atoms in total. The Balaban J connectivity index is 2.54. The van der Waals surface area contributed by atoms with E-state index in [9.17, 15) is 0 Å². The summed E-state index contributed by atoms with van der Waals surface area (Å²) >= 11 is 6.95. The molecule has 0 aliphatic carbocycles. The number of benzene rings is 2. The second-order valence-corrected chi connectivity index (χ2v) is 6.09. The molecule has 20 heavy (non-hydrogen) atoms. The van der Waals surface area contributed by atoms with Crippen molar-refractivity contribution in [3.63, 3.8) is 0 Å². The van der Waals surface area contributed by atoms with Gasteiger partial charge in [-0.25, -0.2) is 0 Å². The summed E-state index contributed by atoms with van der Waals surface area (Å²) in [7, 11) is 3.25. The van der Waals surface area contributed by atoms with Crippen LogP contribution in [0.25, 0.3) is 0 Å². The van der Waals surface area contributed by atoms with E-state index >= 15 is 0 Å². The van der Waals surface area contributed by atoms with Gasteiger partial charge in [0.15, 0.2) is 0 Å². The maximum absolute atomic E-state index is 6.41. The summed E-state index contributed by atoms with van der Waals surface area (Å²) in [6.07, 6.45) is 0. The van der Waals surface area contributed by atoms with Crippen molar-refractivity contribution in [1.29, 1.82) is 0 Å². The third-order valence-electron chi connectivity index (χ3n) is 3.02. The van der Waals surface area contributed by atoms with E-state index in [0.29, 0.717) is 11.5 Å². The highest BCUT2D eigenvalue weighted by Gasteiger charge is 2.19. The summed E-state index contributed by atoms with van der Waals surface area (Å²) < 4.78 is 12.7. The topological polar surface area (TPSA) is 44.5 Å². The molecule has 0 saturated carbocycles. The lowest BCUT2D eigenvalue weighted by molar-refractivity contribution is 0.382. The first kappa shape index (κ1) is 15.4. The zero-order chi connectivity index (χ0) is 14.7. The van der Waals surface area contributed by atoms with Gasteiger partial charge in [0.25, 0.3) is 0 Å². The van der Waals surface area contributed by atoms with Crippen LogP contribution >= 0.6 is 31.9 Å². The molecule has 0 radical (unpaired) electrons. The molecule has 0 heterocycles. The van der Waals surface area contributed by atoms with Crippen LogP contribution in [0.2, 0.25) is 0 Å². The fraction of sp³-hybridized carbons (Fsp3) is 0.200. The number of nitrogens with two attached hydrogens (primary N) is 1. The van der Waals surface area contributed by atoms with Gasteiger partial charge in [0.1, 0.15) is 11.5 Å². The van der Waals surface area contributed by atoms with Crippen molar-refractivity contribution in [1.82, 2.24) is 0 Å². The standard InChI is InChI=1S/C15H15Br2NO2/c1-19-12-4-3-5-13(20-2)14(12)15(18)9-6-10(16)8-11(17)7-9/h3-8,15H,18H2,1-2H3. The van der Waals surface area contributed by atoms with E-state index in [0.717, 1.165) is 20.1 Å². The summed E-state index contributed by atoms with van der Waals surface area (Å²) in [5.41, 5.74) is 8.21. The molecule has 1 atom stereocenters. The van der Waals surface area contributed by atoms with Crippen LogP contribution in [0.15, 0.2) is 45.3 Å². The first-order valence-electron chi connectivity index (χ1n) is 5.99. The second kappa shape index (κ2) is 6.61. The SMILES string of the molecule is COc1cccc(OC)c1C(N)c1cc(Br)cc(Br)c1. The average Bonchev–Trinajstić information content (AvgIpc) is 2.44. The molecule has 0 fully saturated rings. The zero-order valence-electron chi connectivity index (χ0n) is 11.2. The van der Waals surface area contributed by atoms with Crippen LogP contribution in [0.4, 0.5) is 0 Å². The van der Waals surface area contributed by atoms with Gasteiger partial charge < -0.3 is 15.2 Å². The first-order chi connectivity index (χ1) is 9.56. The number of hydrogen-bond acceptors (Lipinski definition) is 3. The number of halogens is 2. The average molecular weight is 401 g/mol. The quantitative estimate of drug-likeness (QED) is 0.832. The van der Waals surface area contributed by atoms with E-state index in [1.54, 1.807) is 14.2 Å². The number of rotatable bonds is 4. The van der Waals surface area contributed by atoms with Crippen LogP contribution in [-0.2, 0) is 0 Å². The molecule has 0 bridgehead atoms. The van der Waals surface area contributed by atoms with E-state index in [1.165, 1.54) is 0 Å². The lowest BCUT2D eigenvalue weighted by atomic mass is 9.98. The minimum absolute atomic E-state index is 0.338. The summed E-state index contributed by atoms with van der Waals surface area (Å²) in [6.45, 7) is 0. The van der Waals surface area contributed by atoms with E-state index in [1.807, 2.05) is 36.4 Å². The number of methoxy groups -OCH3 is 2. The summed E-state index contributed by atoms with van der Waals surface area (Å²) in [4.78, 5) is 0. The Labute approximate surface area is 135 Å². The van der Waals surface area contributed by atoms with Gasteiger partial charge in [-0.2, -0.15) is 0 Å². The van der Waals surface area contributed by atoms with E-state index in [2.05, 4.69) is 31.9 Å². The minimum Gasteiger partial charge on any atom is -0.496 e. The van der Waals surface area contributed by atoms with Gasteiger partial charge in [-0.1, -0.05) is 37.9 Å². The maximum atomic E-state index is 6.41. The van der Waals surface area contributed by atoms with Gasteiger partial charge in [-0.3, -0.25) is 0 Å². The Hall–Kier alpha value is -1.04. The van der Waals surface area contributed by atoms with Crippen LogP contribution < -0.4 is 15.2 Å². The van der Waals surface area contributed by atoms with Gasteiger partial charge in [-0.15, -0.1) is 0 Å². The maximum Gasteiger partial charge on any atom is 0.127 e. The third-order valence-corrected chi connectivity index (χ3v) is 3.94. The van der Waals surface area contributed by atoms with Gasteiger partial charge in [0, 0.05) is 8.95 Å². The zero-order valence-corrected chi connectivity index (χ0v) is 14.4. The molecule has 5 heteroatoms. The van der Waals surface area contributed by atoms with Crippen molar-refractivity contribution in [3.05, 3.63) is 56.5 Å². The molecule has 0 aliphatic rings. The fourth-order valence-corrected chi connectivity index (χ4v) is 3.44. The van der Waals surface area contributed by atoms with Crippen molar-refractivity contribution in [2.45, 2.75) is 6.04 Å². The molecule has 2 aromatic rings. The summed E-state index contributed by atoms with van der Waals surface area (Å²) in [5.74, 6) is 1.43. The Morgan fingerprint density at radius 2 is 1.45 bits per heavy atom.